The number of amides is 1. The minimum absolute atomic E-state index is 0.187. The second-order valence-electron chi connectivity index (χ2n) is 5.11. The fraction of sp³-hybridized carbons (Fsp3) is 0.357. The third kappa shape index (κ3) is 2.18. The fourth-order valence-electron chi connectivity index (χ4n) is 2.76. The SMILES string of the molecule is O=C(NO)c1ccc2c(=O)[nH]c(C3CCCC3)nc2c1. The first-order valence-electron chi connectivity index (χ1n) is 6.67. The molecule has 1 aromatic heterocycles. The quantitative estimate of drug-likeness (QED) is 0.573. The highest BCUT2D eigenvalue weighted by Crippen LogP contribution is 2.31. The van der Waals surface area contributed by atoms with Crippen LogP contribution in [0.5, 0.6) is 0 Å². The number of aromatic amines is 1. The molecule has 0 spiro atoms. The van der Waals surface area contributed by atoms with Crippen molar-refractivity contribution in [2.75, 3.05) is 0 Å². The molecule has 0 aliphatic heterocycles. The maximum Gasteiger partial charge on any atom is 0.274 e. The van der Waals surface area contributed by atoms with Crippen molar-refractivity contribution in [3.63, 3.8) is 0 Å². The highest BCUT2D eigenvalue weighted by molar-refractivity contribution is 5.96. The summed E-state index contributed by atoms with van der Waals surface area (Å²) < 4.78 is 0. The molecule has 1 aliphatic carbocycles. The average molecular weight is 273 g/mol. The Hall–Kier alpha value is -2.21. The maximum atomic E-state index is 12.1. The number of benzene rings is 1. The molecule has 6 nitrogen and oxygen atoms in total. The van der Waals surface area contributed by atoms with Crippen molar-refractivity contribution in [2.24, 2.45) is 0 Å². The Morgan fingerprint density at radius 2 is 2.10 bits per heavy atom. The van der Waals surface area contributed by atoms with Crippen molar-refractivity contribution in [2.45, 2.75) is 31.6 Å². The molecule has 3 rings (SSSR count). The van der Waals surface area contributed by atoms with Crippen molar-refractivity contribution in [1.82, 2.24) is 15.4 Å². The Labute approximate surface area is 114 Å². The molecule has 2 aromatic rings. The van der Waals surface area contributed by atoms with Crippen LogP contribution >= 0.6 is 0 Å². The molecule has 0 bridgehead atoms. The van der Waals surface area contributed by atoms with Crippen LogP contribution in [-0.4, -0.2) is 21.1 Å². The first-order chi connectivity index (χ1) is 9.69. The van der Waals surface area contributed by atoms with Crippen LogP contribution in [0.2, 0.25) is 0 Å². The lowest BCUT2D eigenvalue weighted by Crippen LogP contribution is -2.19. The van der Waals surface area contributed by atoms with E-state index in [1.165, 1.54) is 12.1 Å². The van der Waals surface area contributed by atoms with Gasteiger partial charge in [0.2, 0.25) is 0 Å². The summed E-state index contributed by atoms with van der Waals surface area (Å²) in [5.41, 5.74) is 2.15. The lowest BCUT2D eigenvalue weighted by molar-refractivity contribution is 0.0706. The number of carbonyl (C=O) groups is 1. The summed E-state index contributed by atoms with van der Waals surface area (Å²) in [6, 6.07) is 4.55. The normalized spacial score (nSPS) is 15.7. The Bertz CT molecular complexity index is 717. The van der Waals surface area contributed by atoms with Gasteiger partial charge >= 0.3 is 0 Å². The first kappa shape index (κ1) is 12.8. The summed E-state index contributed by atoms with van der Waals surface area (Å²) in [4.78, 5) is 30.8. The van der Waals surface area contributed by atoms with Crippen LogP contribution in [0.15, 0.2) is 23.0 Å². The monoisotopic (exact) mass is 273 g/mol. The number of rotatable bonds is 2. The Balaban J connectivity index is 2.12. The number of hydrogen-bond acceptors (Lipinski definition) is 4. The van der Waals surface area contributed by atoms with Gasteiger partial charge in [0.05, 0.1) is 10.9 Å². The van der Waals surface area contributed by atoms with E-state index in [0.29, 0.717) is 22.6 Å². The van der Waals surface area contributed by atoms with Crippen LogP contribution in [0.3, 0.4) is 0 Å². The summed E-state index contributed by atoms with van der Waals surface area (Å²) in [5, 5.41) is 9.10. The van der Waals surface area contributed by atoms with Crippen LogP contribution in [0, 0.1) is 0 Å². The Morgan fingerprint density at radius 1 is 1.35 bits per heavy atom. The molecule has 0 radical (unpaired) electrons. The van der Waals surface area contributed by atoms with Crippen LogP contribution in [0.25, 0.3) is 10.9 Å². The number of H-pyrrole nitrogens is 1. The third-order valence-electron chi connectivity index (χ3n) is 3.83. The zero-order valence-corrected chi connectivity index (χ0v) is 10.8. The van der Waals surface area contributed by atoms with Gasteiger partial charge in [0.15, 0.2) is 0 Å². The van der Waals surface area contributed by atoms with Gasteiger partial charge in [0.25, 0.3) is 11.5 Å². The molecule has 0 saturated heterocycles. The van der Waals surface area contributed by atoms with Crippen LogP contribution < -0.4 is 11.0 Å². The molecule has 3 N–H and O–H groups in total. The third-order valence-corrected chi connectivity index (χ3v) is 3.83. The number of aromatic nitrogens is 2. The second kappa shape index (κ2) is 5.05. The van der Waals surface area contributed by atoms with Gasteiger partial charge in [-0.3, -0.25) is 14.8 Å². The van der Waals surface area contributed by atoms with Gasteiger partial charge in [-0.15, -0.1) is 0 Å². The van der Waals surface area contributed by atoms with Gasteiger partial charge in [-0.25, -0.2) is 10.5 Å². The van der Waals surface area contributed by atoms with E-state index >= 15 is 0 Å². The van der Waals surface area contributed by atoms with E-state index in [4.69, 9.17) is 5.21 Å². The van der Waals surface area contributed by atoms with Crippen LogP contribution in [-0.2, 0) is 0 Å². The van der Waals surface area contributed by atoms with Crippen molar-refractivity contribution in [3.8, 4) is 0 Å². The van der Waals surface area contributed by atoms with Crippen LogP contribution in [0.1, 0.15) is 47.8 Å². The Kier molecular flexibility index (Phi) is 3.23. The van der Waals surface area contributed by atoms with E-state index in [1.807, 2.05) is 0 Å². The zero-order valence-electron chi connectivity index (χ0n) is 10.8. The van der Waals surface area contributed by atoms with E-state index in [2.05, 4.69) is 9.97 Å². The van der Waals surface area contributed by atoms with Gasteiger partial charge in [-0.2, -0.15) is 0 Å². The van der Waals surface area contributed by atoms with Crippen molar-refractivity contribution in [1.29, 1.82) is 0 Å². The van der Waals surface area contributed by atoms with E-state index < -0.39 is 5.91 Å². The number of hydroxylamine groups is 1. The van der Waals surface area contributed by atoms with Crippen molar-refractivity contribution in [3.05, 3.63) is 39.9 Å². The van der Waals surface area contributed by atoms with E-state index in [0.717, 1.165) is 25.7 Å². The maximum absolute atomic E-state index is 12.1. The summed E-state index contributed by atoms with van der Waals surface area (Å²) in [6.07, 6.45) is 4.37. The molecule has 1 aliphatic rings. The second-order valence-corrected chi connectivity index (χ2v) is 5.11. The molecule has 1 aromatic carbocycles. The molecule has 1 amide bonds. The topological polar surface area (TPSA) is 95.1 Å². The molecule has 0 atom stereocenters. The van der Waals surface area contributed by atoms with Gasteiger partial charge < -0.3 is 4.98 Å². The molecule has 1 saturated carbocycles. The largest absolute Gasteiger partial charge is 0.310 e. The van der Waals surface area contributed by atoms with E-state index in [-0.39, 0.29) is 11.1 Å². The zero-order chi connectivity index (χ0) is 14.1. The van der Waals surface area contributed by atoms with Gasteiger partial charge in [-0.1, -0.05) is 12.8 Å². The van der Waals surface area contributed by atoms with E-state index in [9.17, 15) is 9.59 Å². The lowest BCUT2D eigenvalue weighted by atomic mass is 10.1. The van der Waals surface area contributed by atoms with E-state index in [1.54, 1.807) is 11.5 Å². The van der Waals surface area contributed by atoms with Gasteiger partial charge in [0, 0.05) is 11.5 Å². The minimum Gasteiger partial charge on any atom is -0.310 e. The van der Waals surface area contributed by atoms with Gasteiger partial charge in [0.1, 0.15) is 5.82 Å². The standard InChI is InChI=1S/C14H15N3O3/c18-13(17-20)9-5-6-10-11(7-9)15-12(16-14(10)19)8-3-1-2-4-8/h5-8,20H,1-4H2,(H,17,18)(H,15,16,19). The summed E-state index contributed by atoms with van der Waals surface area (Å²) in [6.45, 7) is 0. The number of carbonyl (C=O) groups excluding carboxylic acids is 1. The van der Waals surface area contributed by atoms with Crippen LogP contribution in [0.4, 0.5) is 0 Å². The number of hydrogen-bond donors (Lipinski definition) is 3. The smallest absolute Gasteiger partial charge is 0.274 e. The predicted octanol–water partition coefficient (Wildman–Crippen LogP) is 1.70. The fourth-order valence-corrected chi connectivity index (χ4v) is 2.76. The summed E-state index contributed by atoms with van der Waals surface area (Å²) in [5.74, 6) is 0.375. The van der Waals surface area contributed by atoms with Crippen molar-refractivity contribution < 1.29 is 10.0 Å². The molecular weight excluding hydrogens is 258 g/mol. The molecule has 1 heterocycles. The van der Waals surface area contributed by atoms with Gasteiger partial charge in [-0.05, 0) is 31.0 Å². The highest BCUT2D eigenvalue weighted by atomic mass is 16.5. The number of nitrogens with one attached hydrogen (secondary N) is 2. The minimum atomic E-state index is -0.614. The highest BCUT2D eigenvalue weighted by Gasteiger charge is 2.20. The Morgan fingerprint density at radius 3 is 2.80 bits per heavy atom. The molecule has 6 heteroatoms. The lowest BCUT2D eigenvalue weighted by Gasteiger charge is -2.09. The number of nitrogens with zero attached hydrogens (tertiary/aromatic N) is 1. The average Bonchev–Trinajstić information content (AvgIpc) is 3.00. The number of fused-ring (bicyclic) bond motifs is 1. The molecule has 20 heavy (non-hydrogen) atoms. The molecular formula is C14H15N3O3. The first-order valence-corrected chi connectivity index (χ1v) is 6.67. The summed E-state index contributed by atoms with van der Waals surface area (Å²) >= 11 is 0. The molecule has 104 valence electrons. The molecule has 1 fully saturated rings. The summed E-state index contributed by atoms with van der Waals surface area (Å²) in [7, 11) is 0. The molecule has 0 unspecified atom stereocenters. The predicted molar refractivity (Wildman–Crippen MR) is 72.8 cm³/mol. The van der Waals surface area contributed by atoms with Crippen molar-refractivity contribution >= 4 is 16.8 Å².